The average molecular weight is 410 g/mol. The third-order valence-corrected chi connectivity index (χ3v) is 6.17. The van der Waals surface area contributed by atoms with Gasteiger partial charge in [-0.05, 0) is 55.5 Å². The van der Waals surface area contributed by atoms with Crippen molar-refractivity contribution in [3.8, 4) is 22.8 Å². The SMILES string of the molecule is COc1ccc(-c2[nH]ncc2/C=N/NC(=O)c2cc3c(s2)CCCC3)cc1OC. The molecule has 0 spiro atoms. The first-order valence-electron chi connectivity index (χ1n) is 9.40. The Morgan fingerprint density at radius 3 is 2.83 bits per heavy atom. The van der Waals surface area contributed by atoms with E-state index in [4.69, 9.17) is 9.47 Å². The Morgan fingerprint density at radius 2 is 2.03 bits per heavy atom. The molecule has 0 unspecified atom stereocenters. The number of benzene rings is 1. The van der Waals surface area contributed by atoms with E-state index in [0.29, 0.717) is 16.4 Å². The van der Waals surface area contributed by atoms with Crippen LogP contribution in [0.1, 0.15) is 38.5 Å². The van der Waals surface area contributed by atoms with Gasteiger partial charge in [-0.15, -0.1) is 11.3 Å². The minimum absolute atomic E-state index is 0.184. The number of carbonyl (C=O) groups excluding carboxylic acids is 1. The Balaban J connectivity index is 1.48. The van der Waals surface area contributed by atoms with Crippen LogP contribution in [0.5, 0.6) is 11.5 Å². The second-order valence-corrected chi connectivity index (χ2v) is 7.87. The maximum Gasteiger partial charge on any atom is 0.281 e. The molecule has 2 heterocycles. The van der Waals surface area contributed by atoms with Crippen molar-refractivity contribution in [1.29, 1.82) is 0 Å². The molecule has 0 aliphatic heterocycles. The monoisotopic (exact) mass is 410 g/mol. The Kier molecular flexibility index (Phi) is 5.62. The van der Waals surface area contributed by atoms with Crippen LogP contribution in [0.4, 0.5) is 0 Å². The standard InChI is InChI=1S/C21H22N4O3S/c1-27-16-8-7-14(9-17(16)28-2)20-15(11-22-24-20)12-23-25-21(26)19-10-13-5-3-4-6-18(13)29-19/h7-12H,3-6H2,1-2H3,(H,22,24)(H,25,26)/b23-12+. The molecule has 150 valence electrons. The molecule has 7 nitrogen and oxygen atoms in total. The van der Waals surface area contributed by atoms with Crippen LogP contribution in [-0.4, -0.2) is 36.5 Å². The summed E-state index contributed by atoms with van der Waals surface area (Å²) in [4.78, 5) is 14.5. The number of thiophene rings is 1. The van der Waals surface area contributed by atoms with E-state index >= 15 is 0 Å². The van der Waals surface area contributed by atoms with Crippen molar-refractivity contribution in [2.45, 2.75) is 25.7 Å². The van der Waals surface area contributed by atoms with Gasteiger partial charge in [0.05, 0.1) is 37.2 Å². The van der Waals surface area contributed by atoms with Crippen molar-refractivity contribution in [2.24, 2.45) is 5.10 Å². The number of aromatic amines is 1. The maximum atomic E-state index is 12.4. The van der Waals surface area contributed by atoms with Crippen LogP contribution in [0.3, 0.4) is 0 Å². The minimum Gasteiger partial charge on any atom is -0.493 e. The number of hydrogen-bond acceptors (Lipinski definition) is 6. The highest BCUT2D eigenvalue weighted by molar-refractivity contribution is 7.14. The molecule has 1 amide bonds. The lowest BCUT2D eigenvalue weighted by Gasteiger charge is -2.09. The second kappa shape index (κ2) is 8.48. The van der Waals surface area contributed by atoms with Gasteiger partial charge in [-0.2, -0.15) is 10.2 Å². The molecular formula is C21H22N4O3S. The predicted octanol–water partition coefficient (Wildman–Crippen LogP) is 3.80. The van der Waals surface area contributed by atoms with Crippen molar-refractivity contribution < 1.29 is 14.3 Å². The Morgan fingerprint density at radius 1 is 1.21 bits per heavy atom. The van der Waals surface area contributed by atoms with E-state index in [1.165, 1.54) is 23.3 Å². The first kappa shape index (κ1) is 19.2. The summed E-state index contributed by atoms with van der Waals surface area (Å²) < 4.78 is 10.6. The first-order chi connectivity index (χ1) is 14.2. The van der Waals surface area contributed by atoms with Crippen LogP contribution >= 0.6 is 11.3 Å². The average Bonchev–Trinajstić information content (AvgIpc) is 3.40. The van der Waals surface area contributed by atoms with Gasteiger partial charge in [-0.25, -0.2) is 5.43 Å². The minimum atomic E-state index is -0.184. The number of fused-ring (bicyclic) bond motifs is 1. The molecule has 2 N–H and O–H groups in total. The number of methoxy groups -OCH3 is 2. The summed E-state index contributed by atoms with van der Waals surface area (Å²) in [6.45, 7) is 0. The van der Waals surface area contributed by atoms with Crippen molar-refractivity contribution in [3.63, 3.8) is 0 Å². The molecule has 0 saturated carbocycles. The Hall–Kier alpha value is -3.13. The molecule has 1 aliphatic rings. The second-order valence-electron chi connectivity index (χ2n) is 6.74. The van der Waals surface area contributed by atoms with Crippen molar-refractivity contribution in [1.82, 2.24) is 15.6 Å². The molecule has 1 aromatic carbocycles. The summed E-state index contributed by atoms with van der Waals surface area (Å²) in [6, 6.07) is 7.59. The fourth-order valence-electron chi connectivity index (χ4n) is 3.43. The smallest absolute Gasteiger partial charge is 0.281 e. The first-order valence-corrected chi connectivity index (χ1v) is 10.2. The lowest BCUT2D eigenvalue weighted by Crippen LogP contribution is -2.16. The zero-order chi connectivity index (χ0) is 20.2. The van der Waals surface area contributed by atoms with E-state index in [-0.39, 0.29) is 5.91 Å². The normalized spacial score (nSPS) is 13.3. The summed E-state index contributed by atoms with van der Waals surface area (Å²) in [5.74, 6) is 1.09. The largest absolute Gasteiger partial charge is 0.493 e. The van der Waals surface area contributed by atoms with E-state index < -0.39 is 0 Å². The number of rotatable bonds is 6. The zero-order valence-electron chi connectivity index (χ0n) is 16.3. The van der Waals surface area contributed by atoms with Crippen LogP contribution in [0.2, 0.25) is 0 Å². The maximum absolute atomic E-state index is 12.4. The number of H-pyrrole nitrogens is 1. The van der Waals surface area contributed by atoms with Gasteiger partial charge < -0.3 is 9.47 Å². The highest BCUT2D eigenvalue weighted by Gasteiger charge is 2.17. The fraction of sp³-hybridized carbons (Fsp3) is 0.286. The lowest BCUT2D eigenvalue weighted by atomic mass is 9.99. The molecule has 4 rings (SSSR count). The number of ether oxygens (including phenoxy) is 2. The van der Waals surface area contributed by atoms with Gasteiger partial charge in [0.1, 0.15) is 0 Å². The summed E-state index contributed by atoms with van der Waals surface area (Å²) in [7, 11) is 3.19. The molecule has 0 bridgehead atoms. The van der Waals surface area contributed by atoms with Crippen molar-refractivity contribution >= 4 is 23.5 Å². The molecule has 3 aromatic rings. The van der Waals surface area contributed by atoms with E-state index in [2.05, 4.69) is 20.7 Å². The molecule has 2 aromatic heterocycles. The number of nitrogens with one attached hydrogen (secondary N) is 2. The van der Waals surface area contributed by atoms with Gasteiger partial charge in [0, 0.05) is 16.0 Å². The summed E-state index contributed by atoms with van der Waals surface area (Å²) in [5, 5.41) is 11.2. The molecule has 0 saturated heterocycles. The van der Waals surface area contributed by atoms with Gasteiger partial charge in [-0.3, -0.25) is 9.89 Å². The molecule has 0 fully saturated rings. The van der Waals surface area contributed by atoms with Crippen molar-refractivity contribution in [3.05, 3.63) is 51.3 Å². The highest BCUT2D eigenvalue weighted by Crippen LogP contribution is 2.32. The third kappa shape index (κ3) is 4.02. The van der Waals surface area contributed by atoms with Crippen LogP contribution in [0.25, 0.3) is 11.3 Å². The van der Waals surface area contributed by atoms with E-state index in [0.717, 1.165) is 29.7 Å². The fourth-order valence-corrected chi connectivity index (χ4v) is 4.58. The van der Waals surface area contributed by atoms with E-state index in [1.54, 1.807) is 38.0 Å². The highest BCUT2D eigenvalue weighted by atomic mass is 32.1. The molecule has 0 atom stereocenters. The number of amides is 1. The van der Waals surface area contributed by atoms with E-state index in [9.17, 15) is 4.79 Å². The number of aromatic nitrogens is 2. The molecule has 1 aliphatic carbocycles. The number of hydrazone groups is 1. The van der Waals surface area contributed by atoms with Crippen molar-refractivity contribution in [2.75, 3.05) is 14.2 Å². The summed E-state index contributed by atoms with van der Waals surface area (Å²) >= 11 is 1.57. The van der Waals surface area contributed by atoms with Gasteiger partial charge in [0.25, 0.3) is 5.91 Å². The Bertz CT molecular complexity index is 1030. The quantitative estimate of drug-likeness (QED) is 0.478. The predicted molar refractivity (Wildman–Crippen MR) is 113 cm³/mol. The molecule has 8 heteroatoms. The lowest BCUT2D eigenvalue weighted by molar-refractivity contribution is 0.0959. The van der Waals surface area contributed by atoms with Gasteiger partial charge >= 0.3 is 0 Å². The molecule has 0 radical (unpaired) electrons. The van der Waals surface area contributed by atoms with Crippen LogP contribution in [-0.2, 0) is 12.8 Å². The van der Waals surface area contributed by atoms with Crippen LogP contribution < -0.4 is 14.9 Å². The number of hydrogen-bond donors (Lipinski definition) is 2. The Labute approximate surface area is 172 Å². The van der Waals surface area contributed by atoms with E-state index in [1.807, 2.05) is 24.3 Å². The third-order valence-electron chi connectivity index (χ3n) is 4.93. The number of nitrogens with zero attached hydrogens (tertiary/aromatic N) is 2. The summed E-state index contributed by atoms with van der Waals surface area (Å²) in [6.07, 6.45) is 7.77. The number of carbonyl (C=O) groups is 1. The summed E-state index contributed by atoms with van der Waals surface area (Å²) in [5.41, 5.74) is 6.33. The van der Waals surface area contributed by atoms with Gasteiger partial charge in [0.2, 0.25) is 0 Å². The molecular weight excluding hydrogens is 388 g/mol. The van der Waals surface area contributed by atoms with Crippen LogP contribution in [0.15, 0.2) is 35.6 Å². The zero-order valence-corrected chi connectivity index (χ0v) is 17.1. The van der Waals surface area contributed by atoms with Gasteiger partial charge in [0.15, 0.2) is 11.5 Å². The van der Waals surface area contributed by atoms with Gasteiger partial charge in [-0.1, -0.05) is 0 Å². The van der Waals surface area contributed by atoms with Crippen LogP contribution in [0, 0.1) is 0 Å². The topological polar surface area (TPSA) is 88.6 Å². The molecule has 29 heavy (non-hydrogen) atoms. The number of aryl methyl sites for hydroxylation is 2.